The number of thioether (sulfide) groups is 1. The van der Waals surface area contributed by atoms with E-state index in [2.05, 4.69) is 4.99 Å². The molecule has 1 aromatic heterocycles. The molecule has 9 heteroatoms. The van der Waals surface area contributed by atoms with Gasteiger partial charge in [-0.25, -0.2) is 8.42 Å². The van der Waals surface area contributed by atoms with Crippen LogP contribution >= 0.6 is 34.7 Å². The first-order valence-corrected chi connectivity index (χ1v) is 11.9. The summed E-state index contributed by atoms with van der Waals surface area (Å²) < 4.78 is 24.1. The number of amidine groups is 1. The van der Waals surface area contributed by atoms with Gasteiger partial charge in [-0.05, 0) is 29.6 Å². The second kappa shape index (κ2) is 6.99. The Balaban J connectivity index is 1.67. The molecule has 2 atom stereocenters. The standard InChI is InChI=1S/C17H15ClN2O3S3/c18-11-3-1-4-12(7-11)20-14-9-26(22,23)10-15(14)25-17(20)19-16(21)8-13-5-2-6-24-13/h1-7,14-15H,8-10H2. The fourth-order valence-electron chi connectivity index (χ4n) is 3.20. The molecule has 136 valence electrons. The monoisotopic (exact) mass is 426 g/mol. The normalized spacial score (nSPS) is 25.6. The zero-order valence-corrected chi connectivity index (χ0v) is 16.7. The second-order valence-electron chi connectivity index (χ2n) is 6.19. The molecule has 0 spiro atoms. The molecule has 2 saturated heterocycles. The van der Waals surface area contributed by atoms with Crippen molar-refractivity contribution >= 4 is 61.3 Å². The van der Waals surface area contributed by atoms with Gasteiger partial charge in [0, 0.05) is 20.8 Å². The summed E-state index contributed by atoms with van der Waals surface area (Å²) in [5, 5.41) is 2.92. The number of fused-ring (bicyclic) bond motifs is 1. The van der Waals surface area contributed by atoms with E-state index in [1.54, 1.807) is 12.1 Å². The van der Waals surface area contributed by atoms with Crippen LogP contribution in [0.2, 0.25) is 5.02 Å². The van der Waals surface area contributed by atoms with Crippen LogP contribution < -0.4 is 4.90 Å². The zero-order chi connectivity index (χ0) is 18.3. The van der Waals surface area contributed by atoms with Crippen LogP contribution in [0, 0.1) is 0 Å². The van der Waals surface area contributed by atoms with E-state index in [0.717, 1.165) is 10.6 Å². The van der Waals surface area contributed by atoms with Crippen LogP contribution in [0.3, 0.4) is 0 Å². The average Bonchev–Trinajstić information content (AvgIpc) is 3.22. The lowest BCUT2D eigenvalue weighted by Crippen LogP contribution is -2.37. The van der Waals surface area contributed by atoms with Gasteiger partial charge in [0.25, 0.3) is 5.91 Å². The van der Waals surface area contributed by atoms with E-state index < -0.39 is 9.84 Å². The number of aliphatic imine (C=N–C) groups is 1. The highest BCUT2D eigenvalue weighted by molar-refractivity contribution is 8.16. The van der Waals surface area contributed by atoms with Crippen LogP contribution in [-0.2, 0) is 21.1 Å². The van der Waals surface area contributed by atoms with Gasteiger partial charge in [0.15, 0.2) is 15.0 Å². The Bertz CT molecular complexity index is 973. The summed E-state index contributed by atoms with van der Waals surface area (Å²) >= 11 is 9.00. The van der Waals surface area contributed by atoms with Crippen LogP contribution in [0.25, 0.3) is 0 Å². The number of carbonyl (C=O) groups is 1. The summed E-state index contributed by atoms with van der Waals surface area (Å²) in [6.45, 7) is 0. The number of carbonyl (C=O) groups excluding carboxylic acids is 1. The number of hydrogen-bond acceptors (Lipinski definition) is 5. The minimum atomic E-state index is -3.08. The lowest BCUT2D eigenvalue weighted by molar-refractivity contribution is -0.117. The number of sulfone groups is 1. The van der Waals surface area contributed by atoms with Gasteiger partial charge >= 0.3 is 0 Å². The number of thiophene rings is 1. The third-order valence-electron chi connectivity index (χ3n) is 4.28. The van der Waals surface area contributed by atoms with Crippen molar-refractivity contribution in [3.63, 3.8) is 0 Å². The Labute approximate surface area is 165 Å². The van der Waals surface area contributed by atoms with Crippen molar-refractivity contribution in [1.29, 1.82) is 0 Å². The predicted octanol–water partition coefficient (Wildman–Crippen LogP) is 3.25. The van der Waals surface area contributed by atoms with Crippen LogP contribution in [0.5, 0.6) is 0 Å². The van der Waals surface area contributed by atoms with E-state index in [4.69, 9.17) is 11.6 Å². The van der Waals surface area contributed by atoms with Gasteiger partial charge in [0.05, 0.1) is 24.0 Å². The van der Waals surface area contributed by atoms with Crippen molar-refractivity contribution in [2.45, 2.75) is 17.7 Å². The van der Waals surface area contributed by atoms with Crippen molar-refractivity contribution in [3.05, 3.63) is 51.7 Å². The van der Waals surface area contributed by atoms with Crippen molar-refractivity contribution in [2.75, 3.05) is 16.4 Å². The fraction of sp³-hybridized carbons (Fsp3) is 0.294. The molecule has 1 amide bonds. The van der Waals surface area contributed by atoms with E-state index >= 15 is 0 Å². The number of hydrogen-bond donors (Lipinski definition) is 0. The first-order chi connectivity index (χ1) is 12.4. The highest BCUT2D eigenvalue weighted by Crippen LogP contribution is 2.41. The van der Waals surface area contributed by atoms with Crippen molar-refractivity contribution in [1.82, 2.24) is 0 Å². The smallest absolute Gasteiger partial charge is 0.253 e. The highest BCUT2D eigenvalue weighted by atomic mass is 35.5. The minimum Gasteiger partial charge on any atom is -0.316 e. The summed E-state index contributed by atoms with van der Waals surface area (Å²) in [5.41, 5.74) is 0.761. The molecular weight excluding hydrogens is 412 g/mol. The number of amides is 1. The van der Waals surface area contributed by atoms with Gasteiger partial charge in [-0.2, -0.15) is 4.99 Å². The Morgan fingerprint density at radius 2 is 2.12 bits per heavy atom. The molecule has 2 unspecified atom stereocenters. The van der Waals surface area contributed by atoms with E-state index in [1.165, 1.54) is 23.1 Å². The average molecular weight is 427 g/mol. The maximum atomic E-state index is 12.4. The number of nitrogens with zero attached hydrogens (tertiary/aromatic N) is 2. The second-order valence-corrected chi connectivity index (χ2v) is 11.0. The summed E-state index contributed by atoms with van der Waals surface area (Å²) in [7, 11) is -3.08. The summed E-state index contributed by atoms with van der Waals surface area (Å²) in [4.78, 5) is 19.5. The van der Waals surface area contributed by atoms with Gasteiger partial charge in [0.2, 0.25) is 0 Å². The summed E-state index contributed by atoms with van der Waals surface area (Å²) in [6, 6.07) is 10.8. The summed E-state index contributed by atoms with van der Waals surface area (Å²) in [5.74, 6) is -0.0582. The molecule has 0 aliphatic carbocycles. The van der Waals surface area contributed by atoms with Crippen molar-refractivity contribution in [2.24, 2.45) is 4.99 Å². The van der Waals surface area contributed by atoms with Gasteiger partial charge in [-0.3, -0.25) is 4.79 Å². The Morgan fingerprint density at radius 1 is 1.27 bits per heavy atom. The maximum absolute atomic E-state index is 12.4. The molecular formula is C17H15ClN2O3S3. The van der Waals surface area contributed by atoms with Crippen LogP contribution in [-0.4, -0.2) is 42.3 Å². The van der Waals surface area contributed by atoms with Crippen LogP contribution in [0.4, 0.5) is 5.69 Å². The predicted molar refractivity (Wildman–Crippen MR) is 108 cm³/mol. The molecule has 0 bridgehead atoms. The molecule has 5 nitrogen and oxygen atoms in total. The van der Waals surface area contributed by atoms with Gasteiger partial charge in [-0.1, -0.05) is 35.5 Å². The molecule has 4 rings (SSSR count). The van der Waals surface area contributed by atoms with E-state index in [0.29, 0.717) is 10.2 Å². The number of benzene rings is 1. The van der Waals surface area contributed by atoms with Gasteiger partial charge in [0.1, 0.15) is 0 Å². The van der Waals surface area contributed by atoms with E-state index in [9.17, 15) is 13.2 Å². The Kier molecular flexibility index (Phi) is 4.85. The SMILES string of the molecule is O=C(Cc1cccs1)N=C1SC2CS(=O)(=O)CC2N1c1cccc(Cl)c1. The quantitative estimate of drug-likeness (QED) is 0.753. The molecule has 26 heavy (non-hydrogen) atoms. The molecule has 1 aromatic carbocycles. The molecule has 2 aliphatic rings. The van der Waals surface area contributed by atoms with Crippen LogP contribution in [0.15, 0.2) is 46.8 Å². The van der Waals surface area contributed by atoms with Gasteiger partial charge < -0.3 is 4.90 Å². The minimum absolute atomic E-state index is 0.0648. The third-order valence-corrected chi connectivity index (χ3v) is 8.60. The Hall–Kier alpha value is -1.35. The van der Waals surface area contributed by atoms with Crippen molar-refractivity contribution in [3.8, 4) is 0 Å². The lowest BCUT2D eigenvalue weighted by Gasteiger charge is -2.24. The first kappa shape index (κ1) is 18.0. The molecule has 2 aliphatic heterocycles. The van der Waals surface area contributed by atoms with E-state index in [1.807, 2.05) is 34.5 Å². The van der Waals surface area contributed by atoms with Crippen molar-refractivity contribution < 1.29 is 13.2 Å². The number of rotatable bonds is 3. The molecule has 0 N–H and O–H groups in total. The molecule has 2 aromatic rings. The number of anilines is 1. The zero-order valence-electron chi connectivity index (χ0n) is 13.5. The maximum Gasteiger partial charge on any atom is 0.253 e. The molecule has 3 heterocycles. The van der Waals surface area contributed by atoms with Gasteiger partial charge in [-0.15, -0.1) is 11.3 Å². The van der Waals surface area contributed by atoms with E-state index in [-0.39, 0.29) is 35.1 Å². The van der Waals surface area contributed by atoms with Crippen LogP contribution in [0.1, 0.15) is 4.88 Å². The molecule has 0 saturated carbocycles. The molecule has 0 radical (unpaired) electrons. The highest BCUT2D eigenvalue weighted by Gasteiger charge is 2.49. The largest absolute Gasteiger partial charge is 0.316 e. The topological polar surface area (TPSA) is 66.8 Å². The Morgan fingerprint density at radius 3 is 2.85 bits per heavy atom. The lowest BCUT2D eigenvalue weighted by atomic mass is 10.2. The summed E-state index contributed by atoms with van der Waals surface area (Å²) in [6.07, 6.45) is 0.249. The number of halogens is 1. The molecule has 2 fully saturated rings. The third kappa shape index (κ3) is 3.69. The fourth-order valence-corrected chi connectivity index (χ4v) is 8.01. The first-order valence-electron chi connectivity index (χ1n) is 7.97.